The summed E-state index contributed by atoms with van der Waals surface area (Å²) in [5, 5.41) is 6.36. The Morgan fingerprint density at radius 2 is 1.12 bits per heavy atom. The average Bonchev–Trinajstić information content (AvgIpc) is 2.16. The molecule has 0 aliphatic heterocycles. The van der Waals surface area contributed by atoms with E-state index in [1.807, 2.05) is 0 Å². The summed E-state index contributed by atoms with van der Waals surface area (Å²) in [6, 6.07) is 0. The van der Waals surface area contributed by atoms with Gasteiger partial charge in [-0.05, 0) is 24.7 Å². The van der Waals surface area contributed by atoms with Crippen molar-refractivity contribution in [2.24, 2.45) is 11.8 Å². The molecule has 2 nitrogen and oxygen atoms in total. The van der Waals surface area contributed by atoms with E-state index in [0.29, 0.717) is 21.8 Å². The molecule has 0 saturated carbocycles. The monoisotopic (exact) mass is 260 g/mol. The molecule has 94 valence electrons. The second-order valence-corrected chi connectivity index (χ2v) is 5.69. The molecule has 16 heavy (non-hydrogen) atoms. The van der Waals surface area contributed by atoms with Gasteiger partial charge in [0.2, 0.25) is 0 Å². The van der Waals surface area contributed by atoms with Crippen molar-refractivity contribution in [3.05, 3.63) is 0 Å². The van der Waals surface area contributed by atoms with Crippen molar-refractivity contribution in [1.29, 1.82) is 0 Å². The fraction of sp³-hybridized carbons (Fsp3) is 0.833. The van der Waals surface area contributed by atoms with E-state index in [1.165, 1.54) is 0 Å². The Balaban J connectivity index is 3.62. The Morgan fingerprint density at radius 1 is 0.812 bits per heavy atom. The third-order valence-corrected chi connectivity index (χ3v) is 3.05. The molecule has 0 aliphatic carbocycles. The van der Waals surface area contributed by atoms with Gasteiger partial charge in [0.1, 0.15) is 9.98 Å². The summed E-state index contributed by atoms with van der Waals surface area (Å²) in [6.07, 6.45) is 2.24. The van der Waals surface area contributed by atoms with Crippen molar-refractivity contribution in [3.8, 4) is 0 Å². The van der Waals surface area contributed by atoms with Crippen LogP contribution in [-0.2, 0) is 0 Å². The zero-order valence-electron chi connectivity index (χ0n) is 10.8. The predicted molar refractivity (Wildman–Crippen MR) is 80.1 cm³/mol. The van der Waals surface area contributed by atoms with Crippen LogP contribution in [0.2, 0.25) is 0 Å². The van der Waals surface area contributed by atoms with Crippen LogP contribution in [0.1, 0.15) is 40.5 Å². The van der Waals surface area contributed by atoms with Crippen molar-refractivity contribution < 1.29 is 0 Å². The minimum absolute atomic E-state index is 0.680. The fourth-order valence-corrected chi connectivity index (χ4v) is 1.46. The molecule has 0 atom stereocenters. The van der Waals surface area contributed by atoms with Crippen molar-refractivity contribution in [3.63, 3.8) is 0 Å². The van der Waals surface area contributed by atoms with Gasteiger partial charge in [0.15, 0.2) is 0 Å². The summed E-state index contributed by atoms with van der Waals surface area (Å²) < 4.78 is 0. The summed E-state index contributed by atoms with van der Waals surface area (Å²) in [6.45, 7) is 10.6. The molecule has 0 fully saturated rings. The second kappa shape index (κ2) is 8.88. The first-order valence-corrected chi connectivity index (χ1v) is 6.81. The Labute approximate surface area is 111 Å². The number of thiocarbonyl (C=S) groups is 2. The van der Waals surface area contributed by atoms with Gasteiger partial charge in [-0.25, -0.2) is 0 Å². The molecule has 0 aromatic carbocycles. The summed E-state index contributed by atoms with van der Waals surface area (Å²) in [4.78, 5) is 1.36. The molecule has 0 radical (unpaired) electrons. The lowest BCUT2D eigenvalue weighted by Gasteiger charge is -2.12. The van der Waals surface area contributed by atoms with Crippen LogP contribution in [0.5, 0.6) is 0 Å². The number of hydrogen-bond acceptors (Lipinski definition) is 2. The molecule has 0 aromatic heterocycles. The van der Waals surface area contributed by atoms with Crippen molar-refractivity contribution in [2.45, 2.75) is 40.5 Å². The van der Waals surface area contributed by atoms with Gasteiger partial charge in [-0.15, -0.1) is 0 Å². The molecule has 4 heteroatoms. The maximum absolute atomic E-state index is 5.19. The van der Waals surface area contributed by atoms with Gasteiger partial charge >= 0.3 is 0 Å². The number of rotatable bonds is 6. The minimum atomic E-state index is 0.680. The van der Waals surface area contributed by atoms with E-state index < -0.39 is 0 Å². The lowest BCUT2D eigenvalue weighted by Crippen LogP contribution is -2.38. The molecular weight excluding hydrogens is 236 g/mol. The van der Waals surface area contributed by atoms with E-state index >= 15 is 0 Å². The second-order valence-electron chi connectivity index (χ2n) is 4.88. The fourth-order valence-electron chi connectivity index (χ4n) is 1.11. The van der Waals surface area contributed by atoms with Gasteiger partial charge in [0, 0.05) is 13.1 Å². The molecule has 0 unspecified atom stereocenters. The van der Waals surface area contributed by atoms with Crippen LogP contribution in [0.25, 0.3) is 0 Å². The molecular formula is C12H24N2S2. The SMILES string of the molecule is CC(C)CCNC(=S)C(=S)NCCC(C)C. The quantitative estimate of drug-likeness (QED) is 0.717. The molecule has 0 aromatic rings. The van der Waals surface area contributed by atoms with Gasteiger partial charge in [-0.1, -0.05) is 52.1 Å². The maximum atomic E-state index is 5.19. The normalized spacial score (nSPS) is 10.6. The van der Waals surface area contributed by atoms with E-state index in [9.17, 15) is 0 Å². The van der Waals surface area contributed by atoms with Gasteiger partial charge < -0.3 is 10.6 Å². The highest BCUT2D eigenvalue weighted by Crippen LogP contribution is 1.97. The molecule has 0 saturated heterocycles. The summed E-state index contributed by atoms with van der Waals surface area (Å²) >= 11 is 10.4. The van der Waals surface area contributed by atoms with E-state index in [2.05, 4.69) is 38.3 Å². The molecule has 2 N–H and O–H groups in total. The van der Waals surface area contributed by atoms with Gasteiger partial charge in [0.25, 0.3) is 0 Å². The first kappa shape index (κ1) is 15.8. The van der Waals surface area contributed by atoms with Crippen LogP contribution >= 0.6 is 24.4 Å². The van der Waals surface area contributed by atoms with E-state index in [-0.39, 0.29) is 0 Å². The maximum Gasteiger partial charge on any atom is 0.134 e. The van der Waals surface area contributed by atoms with Crippen molar-refractivity contribution in [1.82, 2.24) is 10.6 Å². The standard InChI is InChI=1S/C12H24N2S2/c1-9(2)5-7-13-11(15)12(16)14-8-6-10(3)4/h9-10H,5-8H2,1-4H3,(H,13,15)(H,14,16). The average molecular weight is 260 g/mol. The molecule has 0 rings (SSSR count). The first-order valence-electron chi connectivity index (χ1n) is 5.99. The number of nitrogens with one attached hydrogen (secondary N) is 2. The molecule has 0 amide bonds. The molecule has 0 aliphatic rings. The van der Waals surface area contributed by atoms with Crippen LogP contribution < -0.4 is 10.6 Å². The third kappa shape index (κ3) is 9.04. The van der Waals surface area contributed by atoms with Gasteiger partial charge in [-0.2, -0.15) is 0 Å². The topological polar surface area (TPSA) is 24.1 Å². The Hall–Kier alpha value is -0.220. The highest BCUT2D eigenvalue weighted by Gasteiger charge is 2.04. The summed E-state index contributed by atoms with van der Waals surface area (Å²) in [7, 11) is 0. The van der Waals surface area contributed by atoms with Crippen molar-refractivity contribution in [2.75, 3.05) is 13.1 Å². The summed E-state index contributed by atoms with van der Waals surface area (Å²) in [5.74, 6) is 1.38. The van der Waals surface area contributed by atoms with E-state index in [4.69, 9.17) is 24.4 Å². The van der Waals surface area contributed by atoms with Crippen LogP contribution in [0.15, 0.2) is 0 Å². The third-order valence-electron chi connectivity index (χ3n) is 2.22. The van der Waals surface area contributed by atoms with E-state index in [0.717, 1.165) is 25.9 Å². The Kier molecular flexibility index (Phi) is 8.76. The number of hydrogen-bond donors (Lipinski definition) is 2. The van der Waals surface area contributed by atoms with Gasteiger partial charge in [0.05, 0.1) is 0 Å². The van der Waals surface area contributed by atoms with Crippen LogP contribution in [0.3, 0.4) is 0 Å². The predicted octanol–water partition coefficient (Wildman–Crippen LogP) is 2.91. The first-order chi connectivity index (χ1) is 7.43. The lowest BCUT2D eigenvalue weighted by atomic mass is 10.1. The zero-order valence-corrected chi connectivity index (χ0v) is 12.4. The van der Waals surface area contributed by atoms with E-state index in [1.54, 1.807) is 0 Å². The van der Waals surface area contributed by atoms with Gasteiger partial charge in [-0.3, -0.25) is 0 Å². The summed E-state index contributed by atoms with van der Waals surface area (Å²) in [5.41, 5.74) is 0. The minimum Gasteiger partial charge on any atom is -0.374 e. The lowest BCUT2D eigenvalue weighted by molar-refractivity contribution is 0.576. The highest BCUT2D eigenvalue weighted by molar-refractivity contribution is 7.89. The highest BCUT2D eigenvalue weighted by atomic mass is 32.1. The van der Waals surface area contributed by atoms with Crippen LogP contribution in [-0.4, -0.2) is 23.1 Å². The van der Waals surface area contributed by atoms with Crippen LogP contribution in [0.4, 0.5) is 0 Å². The zero-order chi connectivity index (χ0) is 12.6. The largest absolute Gasteiger partial charge is 0.374 e. The van der Waals surface area contributed by atoms with Crippen LogP contribution in [0, 0.1) is 11.8 Å². The molecule has 0 heterocycles. The Bertz CT molecular complexity index is 201. The molecule has 0 bridgehead atoms. The smallest absolute Gasteiger partial charge is 0.134 e. The Morgan fingerprint density at radius 3 is 1.38 bits per heavy atom. The van der Waals surface area contributed by atoms with Crippen molar-refractivity contribution >= 4 is 34.4 Å². The molecule has 0 spiro atoms.